The quantitative estimate of drug-likeness (QED) is 0.429. The third kappa shape index (κ3) is 4.72. The molecule has 33 heavy (non-hydrogen) atoms. The minimum Gasteiger partial charge on any atom is -0.497 e. The average molecular weight is 467 g/mol. The Hall–Kier alpha value is -2.60. The van der Waals surface area contributed by atoms with E-state index < -0.39 is 0 Å². The lowest BCUT2D eigenvalue weighted by Crippen LogP contribution is -2.66. The van der Waals surface area contributed by atoms with Gasteiger partial charge < -0.3 is 19.7 Å². The summed E-state index contributed by atoms with van der Waals surface area (Å²) in [5.74, 6) is 1.40. The molecule has 2 aromatic carbocycles. The summed E-state index contributed by atoms with van der Waals surface area (Å²) in [4.78, 5) is 15.3. The summed E-state index contributed by atoms with van der Waals surface area (Å²) in [5.41, 5.74) is 2.20. The first-order valence-corrected chi connectivity index (χ1v) is 12.2. The fourth-order valence-corrected chi connectivity index (χ4v) is 5.97. The van der Waals surface area contributed by atoms with Gasteiger partial charge in [-0.05, 0) is 66.9 Å². The number of fused-ring (bicyclic) bond motifs is 2. The lowest BCUT2D eigenvalue weighted by atomic mass is 9.44. The number of ether oxygens (including phenoxy) is 2. The van der Waals surface area contributed by atoms with Crippen molar-refractivity contribution in [2.24, 2.45) is 23.2 Å². The number of thiocarbonyl (C=S) groups is 1. The predicted molar refractivity (Wildman–Crippen MR) is 135 cm³/mol. The van der Waals surface area contributed by atoms with Gasteiger partial charge in [-0.15, -0.1) is 0 Å². The molecular formula is C27H34N2O3S. The normalized spacial score (nSPS) is 24.8. The Kier molecular flexibility index (Phi) is 6.94. The second kappa shape index (κ2) is 9.72. The number of benzene rings is 2. The van der Waals surface area contributed by atoms with Gasteiger partial charge in [0.05, 0.1) is 19.6 Å². The Bertz CT molecular complexity index is 994. The molecule has 3 aliphatic rings. The molecule has 176 valence electrons. The largest absolute Gasteiger partial charge is 0.497 e. The topological polar surface area (TPSA) is 50.8 Å². The number of carbonyl (C=O) groups excluding carboxylic acids is 1. The molecule has 0 spiro atoms. The number of nitrogens with zero attached hydrogens (tertiary/aromatic N) is 1. The van der Waals surface area contributed by atoms with Crippen LogP contribution < -0.4 is 10.1 Å². The highest BCUT2D eigenvalue weighted by molar-refractivity contribution is 7.80. The van der Waals surface area contributed by atoms with Crippen molar-refractivity contribution in [2.45, 2.75) is 46.2 Å². The number of anilines is 1. The first-order valence-electron chi connectivity index (χ1n) is 11.8. The molecule has 0 amide bonds. The van der Waals surface area contributed by atoms with Crippen molar-refractivity contribution in [2.75, 3.05) is 19.0 Å². The van der Waals surface area contributed by atoms with Gasteiger partial charge in [0, 0.05) is 24.3 Å². The van der Waals surface area contributed by atoms with E-state index in [1.165, 1.54) is 0 Å². The zero-order valence-electron chi connectivity index (χ0n) is 19.9. The van der Waals surface area contributed by atoms with Crippen LogP contribution in [-0.4, -0.2) is 35.7 Å². The fraction of sp³-hybridized carbons (Fsp3) is 0.481. The molecule has 2 bridgehead atoms. The Labute approximate surface area is 202 Å². The molecule has 0 unspecified atom stereocenters. The summed E-state index contributed by atoms with van der Waals surface area (Å²) in [6.07, 6.45) is 1.97. The summed E-state index contributed by atoms with van der Waals surface area (Å²) >= 11 is 5.99. The lowest BCUT2D eigenvalue weighted by molar-refractivity contribution is -0.175. The Morgan fingerprint density at radius 2 is 1.91 bits per heavy atom. The Morgan fingerprint density at radius 3 is 2.58 bits per heavy atom. The monoisotopic (exact) mass is 466 g/mol. The highest BCUT2D eigenvalue weighted by Crippen LogP contribution is 2.62. The second-order valence-electron chi connectivity index (χ2n) is 9.72. The van der Waals surface area contributed by atoms with E-state index in [-0.39, 0.29) is 23.3 Å². The maximum absolute atomic E-state index is 13.1. The summed E-state index contributed by atoms with van der Waals surface area (Å²) in [6.45, 7) is 7.57. The van der Waals surface area contributed by atoms with Gasteiger partial charge in [0.2, 0.25) is 0 Å². The summed E-state index contributed by atoms with van der Waals surface area (Å²) in [6, 6.07) is 18.0. The number of rotatable bonds is 7. The van der Waals surface area contributed by atoms with Gasteiger partial charge in [0.1, 0.15) is 5.75 Å². The molecule has 0 saturated heterocycles. The number of hydrogen-bond donors (Lipinski definition) is 1. The number of methoxy groups -OCH3 is 1. The standard InChI is InChI=1S/C27H34N2O3S/c1-5-32-25(30)22-14-19-15-23(27(19,2)3)24(22)29(17-18-10-7-6-8-11-18)26(33)28-20-12-9-13-21(16-20)31-4/h6-13,16,19,22-24H,5,14-15,17H2,1-4H3,(H,28,33)/t19-,22+,23-,24-/m0/s1. The van der Waals surface area contributed by atoms with Crippen LogP contribution >= 0.6 is 12.2 Å². The smallest absolute Gasteiger partial charge is 0.311 e. The van der Waals surface area contributed by atoms with Crippen molar-refractivity contribution < 1.29 is 14.3 Å². The summed E-state index contributed by atoms with van der Waals surface area (Å²) in [5, 5.41) is 4.03. The van der Waals surface area contributed by atoms with Crippen molar-refractivity contribution in [3.63, 3.8) is 0 Å². The zero-order chi connectivity index (χ0) is 23.6. The number of nitrogens with one attached hydrogen (secondary N) is 1. The molecule has 5 rings (SSSR count). The van der Waals surface area contributed by atoms with E-state index in [1.54, 1.807) is 7.11 Å². The third-order valence-corrected chi connectivity index (χ3v) is 7.97. The molecule has 3 aliphatic carbocycles. The van der Waals surface area contributed by atoms with Crippen LogP contribution in [-0.2, 0) is 16.1 Å². The first kappa shape index (κ1) is 23.6. The number of carbonyl (C=O) groups is 1. The van der Waals surface area contributed by atoms with E-state index in [1.807, 2.05) is 49.4 Å². The number of esters is 1. The van der Waals surface area contributed by atoms with Crippen LogP contribution in [0.5, 0.6) is 5.75 Å². The first-order chi connectivity index (χ1) is 15.8. The molecule has 2 aromatic rings. The highest BCUT2D eigenvalue weighted by Gasteiger charge is 2.61. The van der Waals surface area contributed by atoms with Gasteiger partial charge in [-0.3, -0.25) is 4.79 Å². The van der Waals surface area contributed by atoms with Crippen LogP contribution in [0.3, 0.4) is 0 Å². The van der Waals surface area contributed by atoms with Gasteiger partial charge in [-0.25, -0.2) is 0 Å². The van der Waals surface area contributed by atoms with Crippen molar-refractivity contribution in [3.05, 3.63) is 60.2 Å². The molecule has 3 saturated carbocycles. The minimum absolute atomic E-state index is 0.0186. The van der Waals surface area contributed by atoms with E-state index in [0.29, 0.717) is 30.1 Å². The van der Waals surface area contributed by atoms with E-state index >= 15 is 0 Å². The molecule has 0 heterocycles. The summed E-state index contributed by atoms with van der Waals surface area (Å²) < 4.78 is 10.9. The van der Waals surface area contributed by atoms with Crippen LogP contribution in [0.15, 0.2) is 54.6 Å². The molecule has 1 N–H and O–H groups in total. The predicted octanol–water partition coefficient (Wildman–Crippen LogP) is 5.51. The maximum atomic E-state index is 13.1. The fourth-order valence-electron chi connectivity index (χ4n) is 5.67. The zero-order valence-corrected chi connectivity index (χ0v) is 20.7. The Balaban J connectivity index is 1.68. The molecule has 6 heteroatoms. The van der Waals surface area contributed by atoms with Crippen LogP contribution in [0.2, 0.25) is 0 Å². The van der Waals surface area contributed by atoms with Crippen molar-refractivity contribution >= 4 is 29.0 Å². The van der Waals surface area contributed by atoms with Gasteiger partial charge in [-0.1, -0.05) is 50.2 Å². The van der Waals surface area contributed by atoms with Crippen molar-refractivity contribution in [1.29, 1.82) is 0 Å². The minimum atomic E-state index is -0.185. The third-order valence-electron chi connectivity index (χ3n) is 7.64. The van der Waals surface area contributed by atoms with Crippen LogP contribution in [0.4, 0.5) is 5.69 Å². The highest BCUT2D eigenvalue weighted by atomic mass is 32.1. The number of hydrogen-bond acceptors (Lipinski definition) is 4. The van der Waals surface area contributed by atoms with Gasteiger partial charge >= 0.3 is 5.97 Å². The van der Waals surface area contributed by atoms with Gasteiger partial charge in [0.15, 0.2) is 5.11 Å². The van der Waals surface area contributed by atoms with Crippen molar-refractivity contribution in [1.82, 2.24) is 4.90 Å². The average Bonchev–Trinajstić information content (AvgIpc) is 2.82. The summed E-state index contributed by atoms with van der Waals surface area (Å²) in [7, 11) is 1.65. The van der Waals surface area contributed by atoms with Gasteiger partial charge in [-0.2, -0.15) is 0 Å². The molecule has 0 aliphatic heterocycles. The van der Waals surface area contributed by atoms with Crippen LogP contribution in [0, 0.1) is 23.2 Å². The SMILES string of the molecule is CCOC(=O)[C@@H]1C[C@H]2C[C@@H]([C@H]1N(Cc1ccccc1)C(=S)Nc1cccc(OC)c1)C2(C)C. The van der Waals surface area contributed by atoms with Crippen molar-refractivity contribution in [3.8, 4) is 5.75 Å². The molecule has 0 radical (unpaired) electrons. The molecule has 5 nitrogen and oxygen atoms in total. The molecule has 3 fully saturated rings. The molecule has 4 atom stereocenters. The van der Waals surface area contributed by atoms with E-state index in [9.17, 15) is 4.79 Å². The van der Waals surface area contributed by atoms with E-state index in [4.69, 9.17) is 21.7 Å². The molecular weight excluding hydrogens is 432 g/mol. The molecule has 0 aromatic heterocycles. The maximum Gasteiger partial charge on any atom is 0.311 e. The Morgan fingerprint density at radius 1 is 1.15 bits per heavy atom. The second-order valence-corrected chi connectivity index (χ2v) is 10.1. The van der Waals surface area contributed by atoms with E-state index in [2.05, 4.69) is 36.2 Å². The van der Waals surface area contributed by atoms with Gasteiger partial charge in [0.25, 0.3) is 0 Å². The van der Waals surface area contributed by atoms with E-state index in [0.717, 1.165) is 29.8 Å². The lowest BCUT2D eigenvalue weighted by Gasteiger charge is -2.64. The van der Waals surface area contributed by atoms with Crippen LogP contribution in [0.25, 0.3) is 0 Å². The van der Waals surface area contributed by atoms with Crippen LogP contribution in [0.1, 0.15) is 39.2 Å².